The highest BCUT2D eigenvalue weighted by Gasteiger charge is 2.33. The second-order valence-corrected chi connectivity index (χ2v) is 9.58. The van der Waals surface area contributed by atoms with Gasteiger partial charge in [0.2, 0.25) is 0 Å². The van der Waals surface area contributed by atoms with Gasteiger partial charge in [-0.25, -0.2) is 0 Å². The molecule has 1 fully saturated rings. The molecule has 0 spiro atoms. The van der Waals surface area contributed by atoms with Gasteiger partial charge in [-0.15, -0.1) is 0 Å². The molecule has 1 aliphatic carbocycles. The molecule has 0 saturated heterocycles. The first kappa shape index (κ1) is 21.2. The Morgan fingerprint density at radius 1 is 0.933 bits per heavy atom. The van der Waals surface area contributed by atoms with E-state index in [1.807, 2.05) is 0 Å². The first-order valence-corrected chi connectivity index (χ1v) is 12.0. The van der Waals surface area contributed by atoms with Crippen molar-refractivity contribution < 1.29 is 4.74 Å². The van der Waals surface area contributed by atoms with Gasteiger partial charge in [0.1, 0.15) is 11.9 Å². The summed E-state index contributed by atoms with van der Waals surface area (Å²) in [7, 11) is 0. The normalized spacial score (nSPS) is 22.9. The fourth-order valence-corrected chi connectivity index (χ4v) is 5.12. The molecule has 2 aliphatic rings. The van der Waals surface area contributed by atoms with Crippen LogP contribution < -0.4 is 15.4 Å². The highest BCUT2D eigenvalue weighted by Crippen LogP contribution is 2.41. The topological polar surface area (TPSA) is 33.3 Å². The fourth-order valence-electron chi connectivity index (χ4n) is 5.12. The van der Waals surface area contributed by atoms with Crippen LogP contribution in [0.25, 0.3) is 0 Å². The molecule has 1 heterocycles. The smallest absolute Gasteiger partial charge is 0.123 e. The van der Waals surface area contributed by atoms with E-state index >= 15 is 0 Å². The van der Waals surface area contributed by atoms with Gasteiger partial charge >= 0.3 is 0 Å². The van der Waals surface area contributed by atoms with Crippen molar-refractivity contribution in [2.45, 2.75) is 83.4 Å². The second-order valence-electron chi connectivity index (χ2n) is 9.58. The van der Waals surface area contributed by atoms with Crippen LogP contribution in [-0.2, 0) is 0 Å². The van der Waals surface area contributed by atoms with Gasteiger partial charge in [-0.05, 0) is 67.3 Å². The largest absolute Gasteiger partial charge is 0.490 e. The maximum Gasteiger partial charge on any atom is 0.123 e. The minimum Gasteiger partial charge on any atom is -0.490 e. The number of anilines is 1. The molecule has 0 radical (unpaired) electrons. The van der Waals surface area contributed by atoms with Crippen LogP contribution in [-0.4, -0.2) is 18.8 Å². The Labute approximate surface area is 182 Å². The van der Waals surface area contributed by atoms with Gasteiger partial charge in [0.15, 0.2) is 0 Å². The van der Waals surface area contributed by atoms with E-state index in [4.69, 9.17) is 4.74 Å². The molecule has 2 unspecified atom stereocenters. The number of hydrogen-bond acceptors (Lipinski definition) is 3. The average molecular weight is 407 g/mol. The molecule has 2 aromatic carbocycles. The van der Waals surface area contributed by atoms with Gasteiger partial charge < -0.3 is 10.1 Å². The second kappa shape index (κ2) is 9.87. The van der Waals surface area contributed by atoms with Crippen LogP contribution in [0.2, 0.25) is 0 Å². The Hall–Kier alpha value is -2.00. The first-order chi connectivity index (χ1) is 14.6. The molecule has 0 bridgehead atoms. The number of rotatable bonds is 7. The average Bonchev–Trinajstić information content (AvgIpc) is 2.78. The number of benzene rings is 2. The summed E-state index contributed by atoms with van der Waals surface area (Å²) in [5.74, 6) is 2.91. The maximum absolute atomic E-state index is 6.49. The molecule has 162 valence electrons. The van der Waals surface area contributed by atoms with Crippen LogP contribution >= 0.6 is 0 Å². The highest BCUT2D eigenvalue weighted by atomic mass is 16.5. The predicted molar refractivity (Wildman–Crippen MR) is 126 cm³/mol. The number of nitrogens with one attached hydrogen (secondary N) is 2. The molecule has 3 nitrogen and oxygen atoms in total. The lowest BCUT2D eigenvalue weighted by Crippen LogP contribution is -2.40. The summed E-state index contributed by atoms with van der Waals surface area (Å²) < 4.78 is 6.49. The summed E-state index contributed by atoms with van der Waals surface area (Å²) in [6.07, 6.45) is 8.51. The Balaban J connectivity index is 1.37. The molecule has 2 N–H and O–H groups in total. The number of fused-ring (bicyclic) bond motifs is 1. The SMILES string of the molecule is CC(NC[C@@H]1CC(C2CCCCC2)Oc2ccccc21)Nc1ccc(C(C)C)cc1. The van der Waals surface area contributed by atoms with Crippen molar-refractivity contribution in [2.24, 2.45) is 5.92 Å². The summed E-state index contributed by atoms with van der Waals surface area (Å²) in [6, 6.07) is 17.5. The predicted octanol–water partition coefficient (Wildman–Crippen LogP) is 6.67. The third kappa shape index (κ3) is 5.18. The summed E-state index contributed by atoms with van der Waals surface area (Å²) >= 11 is 0. The lowest BCUT2D eigenvalue weighted by Gasteiger charge is -2.38. The fraction of sp³-hybridized carbons (Fsp3) is 0.556. The van der Waals surface area contributed by atoms with Gasteiger partial charge in [-0.1, -0.05) is 63.4 Å². The molecule has 4 rings (SSSR count). The first-order valence-electron chi connectivity index (χ1n) is 12.0. The summed E-state index contributed by atoms with van der Waals surface area (Å²) in [5, 5.41) is 7.34. The van der Waals surface area contributed by atoms with Crippen LogP contribution in [0.5, 0.6) is 5.75 Å². The van der Waals surface area contributed by atoms with Crippen molar-refractivity contribution in [1.29, 1.82) is 0 Å². The van der Waals surface area contributed by atoms with Gasteiger partial charge in [0, 0.05) is 18.2 Å². The molecule has 2 aromatic rings. The minimum absolute atomic E-state index is 0.220. The van der Waals surface area contributed by atoms with E-state index in [9.17, 15) is 0 Å². The Morgan fingerprint density at radius 3 is 2.40 bits per heavy atom. The summed E-state index contributed by atoms with van der Waals surface area (Å²) in [4.78, 5) is 0. The molecule has 3 heteroatoms. The highest BCUT2D eigenvalue weighted by molar-refractivity contribution is 5.45. The molecular formula is C27H38N2O. The van der Waals surface area contributed by atoms with Crippen LogP contribution in [0, 0.1) is 5.92 Å². The third-order valence-corrected chi connectivity index (χ3v) is 6.96. The quantitative estimate of drug-likeness (QED) is 0.504. The zero-order chi connectivity index (χ0) is 20.9. The number of hydrogen-bond donors (Lipinski definition) is 2. The Kier molecular flexibility index (Phi) is 6.99. The minimum atomic E-state index is 0.220. The molecule has 3 atom stereocenters. The summed E-state index contributed by atoms with van der Waals surface area (Å²) in [5.41, 5.74) is 3.92. The Morgan fingerprint density at radius 2 is 1.67 bits per heavy atom. The van der Waals surface area contributed by atoms with Crippen molar-refractivity contribution in [1.82, 2.24) is 5.32 Å². The van der Waals surface area contributed by atoms with E-state index in [1.165, 1.54) is 48.9 Å². The Bertz CT molecular complexity index is 795. The van der Waals surface area contributed by atoms with E-state index in [1.54, 1.807) is 0 Å². The van der Waals surface area contributed by atoms with Gasteiger partial charge in [-0.3, -0.25) is 5.32 Å². The van der Waals surface area contributed by atoms with Crippen LogP contribution in [0.4, 0.5) is 5.69 Å². The lowest BCUT2D eigenvalue weighted by atomic mass is 9.79. The van der Waals surface area contributed by atoms with Crippen molar-refractivity contribution in [2.75, 3.05) is 11.9 Å². The van der Waals surface area contributed by atoms with Crippen molar-refractivity contribution in [3.8, 4) is 5.75 Å². The van der Waals surface area contributed by atoms with Gasteiger partial charge in [-0.2, -0.15) is 0 Å². The number of para-hydroxylation sites is 1. The van der Waals surface area contributed by atoms with Crippen LogP contribution in [0.1, 0.15) is 82.3 Å². The van der Waals surface area contributed by atoms with Crippen molar-refractivity contribution in [3.63, 3.8) is 0 Å². The monoisotopic (exact) mass is 406 g/mol. The zero-order valence-corrected chi connectivity index (χ0v) is 18.9. The lowest BCUT2D eigenvalue weighted by molar-refractivity contribution is 0.0773. The van der Waals surface area contributed by atoms with Crippen molar-refractivity contribution in [3.05, 3.63) is 59.7 Å². The maximum atomic E-state index is 6.49. The molecule has 0 amide bonds. The van der Waals surface area contributed by atoms with E-state index < -0.39 is 0 Å². The van der Waals surface area contributed by atoms with Gasteiger partial charge in [0.05, 0.1) is 6.17 Å². The van der Waals surface area contributed by atoms with Crippen LogP contribution in [0.15, 0.2) is 48.5 Å². The van der Waals surface area contributed by atoms with Gasteiger partial charge in [0.25, 0.3) is 0 Å². The molecule has 0 aromatic heterocycles. The molecule has 1 saturated carbocycles. The molecule has 30 heavy (non-hydrogen) atoms. The molecule has 1 aliphatic heterocycles. The van der Waals surface area contributed by atoms with E-state index in [0.717, 1.165) is 24.6 Å². The van der Waals surface area contributed by atoms with E-state index in [0.29, 0.717) is 17.9 Å². The molecular weight excluding hydrogens is 368 g/mol. The van der Waals surface area contributed by atoms with Crippen molar-refractivity contribution >= 4 is 5.69 Å². The summed E-state index contributed by atoms with van der Waals surface area (Å²) in [6.45, 7) is 7.65. The van der Waals surface area contributed by atoms with Crippen LogP contribution in [0.3, 0.4) is 0 Å². The van der Waals surface area contributed by atoms with E-state index in [-0.39, 0.29) is 6.17 Å². The van der Waals surface area contributed by atoms with E-state index in [2.05, 4.69) is 79.9 Å². The third-order valence-electron chi connectivity index (χ3n) is 6.96. The standard InChI is InChI=1S/C27H38N2O/c1-19(2)21-13-15-24(16-14-21)29-20(3)28-18-23-17-27(22-9-5-4-6-10-22)30-26-12-8-7-11-25(23)26/h7-8,11-16,19-20,22-23,27-29H,4-6,9-10,17-18H2,1-3H3/t20?,23-,27?/m0/s1. The zero-order valence-electron chi connectivity index (χ0n) is 18.9. The number of ether oxygens (including phenoxy) is 1.